The number of aromatic nitrogens is 3. The predicted octanol–water partition coefficient (Wildman–Crippen LogP) is 0.801. The van der Waals surface area contributed by atoms with Gasteiger partial charge in [0.1, 0.15) is 6.54 Å². The van der Waals surface area contributed by atoms with Crippen molar-refractivity contribution in [3.63, 3.8) is 0 Å². The van der Waals surface area contributed by atoms with E-state index in [1.807, 2.05) is 13.8 Å². The number of carbonyl (C=O) groups is 1. The van der Waals surface area contributed by atoms with Crippen LogP contribution in [0, 0.1) is 0 Å². The fourth-order valence-electron chi connectivity index (χ4n) is 1.97. The second kappa shape index (κ2) is 5.69. The van der Waals surface area contributed by atoms with Gasteiger partial charge in [-0.3, -0.25) is 9.20 Å². The molecule has 0 radical (unpaired) electrons. The Morgan fingerprint density at radius 3 is 2.74 bits per heavy atom. The molecule has 6 nitrogen and oxygen atoms in total. The summed E-state index contributed by atoms with van der Waals surface area (Å²) in [6.45, 7) is 3.99. The zero-order valence-electron chi connectivity index (χ0n) is 11.2. The van der Waals surface area contributed by atoms with Gasteiger partial charge in [0.25, 0.3) is 0 Å². The third kappa shape index (κ3) is 2.83. The molecule has 0 aromatic carbocycles. The zero-order chi connectivity index (χ0) is 13.8. The number of carbonyl (C=O) groups excluding carboxylic acids is 1. The average molecular weight is 262 g/mol. The van der Waals surface area contributed by atoms with E-state index in [4.69, 9.17) is 0 Å². The number of rotatable bonds is 5. The van der Waals surface area contributed by atoms with Crippen LogP contribution in [0.15, 0.2) is 29.2 Å². The Labute approximate surface area is 111 Å². The Morgan fingerprint density at radius 2 is 2.11 bits per heavy atom. The van der Waals surface area contributed by atoms with Crippen LogP contribution < -0.4 is 11.0 Å². The maximum absolute atomic E-state index is 12.0. The number of fused-ring (bicyclic) bond motifs is 1. The first-order valence-corrected chi connectivity index (χ1v) is 6.49. The Hall–Kier alpha value is -2.11. The van der Waals surface area contributed by atoms with Gasteiger partial charge in [0, 0.05) is 12.2 Å². The number of hydrogen-bond acceptors (Lipinski definition) is 3. The Kier molecular flexibility index (Phi) is 3.99. The van der Waals surface area contributed by atoms with E-state index >= 15 is 0 Å². The molecule has 2 aromatic rings. The molecule has 2 rings (SSSR count). The quantitative estimate of drug-likeness (QED) is 0.866. The summed E-state index contributed by atoms with van der Waals surface area (Å²) < 4.78 is 2.61. The van der Waals surface area contributed by atoms with E-state index in [1.54, 1.807) is 24.4 Å². The van der Waals surface area contributed by atoms with Crippen LogP contribution in [0.1, 0.15) is 26.7 Å². The van der Waals surface area contributed by atoms with Crippen molar-refractivity contribution in [1.82, 2.24) is 19.5 Å². The van der Waals surface area contributed by atoms with Crippen LogP contribution in [-0.4, -0.2) is 26.1 Å². The Morgan fingerprint density at radius 1 is 1.37 bits per heavy atom. The lowest BCUT2D eigenvalue weighted by atomic mass is 10.2. The van der Waals surface area contributed by atoms with Gasteiger partial charge in [-0.2, -0.15) is 0 Å². The molecule has 0 bridgehead atoms. The molecule has 102 valence electrons. The van der Waals surface area contributed by atoms with Crippen molar-refractivity contribution < 1.29 is 4.79 Å². The summed E-state index contributed by atoms with van der Waals surface area (Å²) in [5.41, 5.74) is 0.248. The molecule has 0 spiro atoms. The summed E-state index contributed by atoms with van der Waals surface area (Å²) in [6.07, 6.45) is 3.39. The molecule has 0 unspecified atom stereocenters. The summed E-state index contributed by atoms with van der Waals surface area (Å²) in [6, 6.07) is 5.44. The fourth-order valence-corrected chi connectivity index (χ4v) is 1.97. The molecule has 0 saturated heterocycles. The van der Waals surface area contributed by atoms with Crippen molar-refractivity contribution in [2.45, 2.75) is 39.3 Å². The maximum Gasteiger partial charge on any atom is 0.350 e. The molecule has 0 aliphatic heterocycles. The molecule has 2 heterocycles. The molecule has 1 N–H and O–H groups in total. The minimum Gasteiger partial charge on any atom is -0.352 e. The second-order valence-electron chi connectivity index (χ2n) is 4.45. The van der Waals surface area contributed by atoms with E-state index in [9.17, 15) is 9.59 Å². The third-order valence-electron chi connectivity index (χ3n) is 3.13. The highest BCUT2D eigenvalue weighted by Crippen LogP contribution is 1.97. The first-order chi connectivity index (χ1) is 9.15. The molecular weight excluding hydrogens is 244 g/mol. The lowest BCUT2D eigenvalue weighted by molar-refractivity contribution is -0.122. The number of hydrogen-bond donors (Lipinski definition) is 1. The summed E-state index contributed by atoms with van der Waals surface area (Å²) in [5.74, 6) is -0.181. The van der Waals surface area contributed by atoms with Gasteiger partial charge in [0.05, 0.1) is 0 Å². The van der Waals surface area contributed by atoms with E-state index in [-0.39, 0.29) is 24.2 Å². The lowest BCUT2D eigenvalue weighted by Gasteiger charge is -2.14. The molecule has 0 aliphatic rings. The van der Waals surface area contributed by atoms with Gasteiger partial charge < -0.3 is 5.32 Å². The Bertz CT molecular complexity index is 625. The van der Waals surface area contributed by atoms with Gasteiger partial charge in [0.2, 0.25) is 5.91 Å². The average Bonchev–Trinajstić information content (AvgIpc) is 2.73. The van der Waals surface area contributed by atoms with Crippen molar-refractivity contribution in [3.05, 3.63) is 34.9 Å². The van der Waals surface area contributed by atoms with Gasteiger partial charge in [-0.1, -0.05) is 19.9 Å². The zero-order valence-corrected chi connectivity index (χ0v) is 11.2. The Balaban J connectivity index is 2.15. The standard InChI is InChI=1S/C13H18N4O2/c1-3-10(4-2)14-12(18)9-17-13(19)16-8-6-5-7-11(16)15-17/h5-8,10H,3-4,9H2,1-2H3,(H,14,18). The van der Waals surface area contributed by atoms with Crippen LogP contribution in [0.2, 0.25) is 0 Å². The monoisotopic (exact) mass is 262 g/mol. The second-order valence-corrected chi connectivity index (χ2v) is 4.45. The lowest BCUT2D eigenvalue weighted by Crippen LogP contribution is -2.38. The summed E-state index contributed by atoms with van der Waals surface area (Å²) in [7, 11) is 0. The van der Waals surface area contributed by atoms with Gasteiger partial charge >= 0.3 is 5.69 Å². The predicted molar refractivity (Wildman–Crippen MR) is 72.0 cm³/mol. The molecule has 6 heteroatoms. The normalized spacial score (nSPS) is 11.1. The van der Waals surface area contributed by atoms with Crippen LogP contribution in [0.5, 0.6) is 0 Å². The molecule has 0 fully saturated rings. The van der Waals surface area contributed by atoms with Crippen molar-refractivity contribution in [1.29, 1.82) is 0 Å². The highest BCUT2D eigenvalue weighted by molar-refractivity contribution is 5.75. The van der Waals surface area contributed by atoms with E-state index in [1.165, 1.54) is 9.08 Å². The minimum absolute atomic E-state index is 0.0446. The fraction of sp³-hybridized carbons (Fsp3) is 0.462. The number of amides is 1. The highest BCUT2D eigenvalue weighted by Gasteiger charge is 2.12. The van der Waals surface area contributed by atoms with Crippen molar-refractivity contribution in [2.24, 2.45) is 0 Å². The topological polar surface area (TPSA) is 68.4 Å². The summed E-state index contributed by atoms with van der Waals surface area (Å²) in [5, 5.41) is 7.01. The van der Waals surface area contributed by atoms with E-state index in [0.717, 1.165) is 12.8 Å². The van der Waals surface area contributed by atoms with Gasteiger partial charge in [-0.25, -0.2) is 9.48 Å². The van der Waals surface area contributed by atoms with Crippen LogP contribution >= 0.6 is 0 Å². The van der Waals surface area contributed by atoms with E-state index in [0.29, 0.717) is 5.65 Å². The molecule has 1 amide bonds. The van der Waals surface area contributed by atoms with Crippen LogP contribution in [0.4, 0.5) is 0 Å². The van der Waals surface area contributed by atoms with Crippen LogP contribution in [-0.2, 0) is 11.3 Å². The highest BCUT2D eigenvalue weighted by atomic mass is 16.2. The van der Waals surface area contributed by atoms with E-state index in [2.05, 4.69) is 10.4 Å². The van der Waals surface area contributed by atoms with Gasteiger partial charge in [-0.15, -0.1) is 5.10 Å². The number of pyridine rings is 1. The van der Waals surface area contributed by atoms with Gasteiger partial charge in [-0.05, 0) is 25.0 Å². The molecule has 0 atom stereocenters. The van der Waals surface area contributed by atoms with Crippen molar-refractivity contribution >= 4 is 11.6 Å². The molecule has 0 aliphatic carbocycles. The first kappa shape index (κ1) is 13.3. The molecule has 19 heavy (non-hydrogen) atoms. The van der Waals surface area contributed by atoms with Crippen LogP contribution in [0.3, 0.4) is 0 Å². The largest absolute Gasteiger partial charge is 0.352 e. The molecular formula is C13H18N4O2. The van der Waals surface area contributed by atoms with Gasteiger partial charge in [0.15, 0.2) is 5.65 Å². The summed E-state index contributed by atoms with van der Waals surface area (Å²) in [4.78, 5) is 23.8. The van der Waals surface area contributed by atoms with Crippen molar-refractivity contribution in [3.8, 4) is 0 Å². The smallest absolute Gasteiger partial charge is 0.350 e. The minimum atomic E-state index is -0.296. The summed E-state index contributed by atoms with van der Waals surface area (Å²) >= 11 is 0. The van der Waals surface area contributed by atoms with Crippen LogP contribution in [0.25, 0.3) is 5.65 Å². The van der Waals surface area contributed by atoms with E-state index < -0.39 is 0 Å². The molecule has 2 aromatic heterocycles. The number of nitrogens with zero attached hydrogens (tertiary/aromatic N) is 3. The maximum atomic E-state index is 12.0. The SMILES string of the molecule is CCC(CC)NC(=O)Cn1nc2ccccn2c1=O. The third-order valence-corrected chi connectivity index (χ3v) is 3.13. The van der Waals surface area contributed by atoms with Crippen molar-refractivity contribution in [2.75, 3.05) is 0 Å². The molecule has 0 saturated carbocycles. The number of nitrogens with one attached hydrogen (secondary N) is 1. The first-order valence-electron chi connectivity index (χ1n) is 6.49.